The molecule has 3 rings (SSSR count). The van der Waals surface area contributed by atoms with Gasteiger partial charge in [-0.05, 0) is 61.0 Å². The molecule has 0 aliphatic heterocycles. The Morgan fingerprint density at radius 1 is 1.03 bits per heavy atom. The van der Waals surface area contributed by atoms with Gasteiger partial charge in [0.25, 0.3) is 8.32 Å². The first-order chi connectivity index (χ1) is 16.0. The van der Waals surface area contributed by atoms with Crippen molar-refractivity contribution in [1.29, 1.82) is 0 Å². The molecule has 6 heteroatoms. The zero-order chi connectivity index (χ0) is 25.0. The van der Waals surface area contributed by atoms with Crippen molar-refractivity contribution in [3.05, 3.63) is 72.1 Å². The summed E-state index contributed by atoms with van der Waals surface area (Å²) in [5.74, 6) is -0.359. The largest absolute Gasteiger partial charge is 0.407 e. The molecule has 2 aromatic rings. The van der Waals surface area contributed by atoms with Crippen molar-refractivity contribution in [2.75, 3.05) is 6.61 Å². The van der Waals surface area contributed by atoms with E-state index in [1.807, 2.05) is 32.9 Å². The Morgan fingerprint density at radius 2 is 1.56 bits per heavy atom. The topological polar surface area (TPSA) is 38.7 Å². The molecule has 0 aromatic heterocycles. The van der Waals surface area contributed by atoms with Crippen LogP contribution in [0, 0.1) is 5.92 Å². The smallest absolute Gasteiger partial charge is 0.261 e. The summed E-state index contributed by atoms with van der Waals surface area (Å²) < 4.78 is 37.9. The maximum Gasteiger partial charge on any atom is 0.261 e. The van der Waals surface area contributed by atoms with E-state index >= 15 is 4.39 Å². The Kier molecular flexibility index (Phi) is 8.48. The standard InChI is InChI=1S/C28H38FNO2SSi/c1-27(2,3)33(31)30-20-26(29)25-19-13-14-22(25)21-32-34(28(4,5)6,23-15-9-7-10-16-23)24-17-11-8-12-18-24/h7-12,15-18,20,22H,13-14,19,21H2,1-6H3/b26-25+,30-20-/t22-,33?/m0/s1. The molecule has 0 heterocycles. The van der Waals surface area contributed by atoms with Gasteiger partial charge in [-0.3, -0.25) is 0 Å². The number of benzene rings is 2. The van der Waals surface area contributed by atoms with Gasteiger partial charge in [-0.1, -0.05) is 81.4 Å². The van der Waals surface area contributed by atoms with Crippen LogP contribution in [0.4, 0.5) is 4.39 Å². The van der Waals surface area contributed by atoms with Crippen LogP contribution in [0.2, 0.25) is 5.04 Å². The average molecular weight is 500 g/mol. The quantitative estimate of drug-likeness (QED) is 0.340. The van der Waals surface area contributed by atoms with Gasteiger partial charge in [0.1, 0.15) is 16.8 Å². The molecule has 0 bridgehead atoms. The second kappa shape index (κ2) is 10.8. The molecule has 0 radical (unpaired) electrons. The summed E-state index contributed by atoms with van der Waals surface area (Å²) in [5, 5.41) is 2.32. The lowest BCUT2D eigenvalue weighted by Gasteiger charge is -2.43. The van der Waals surface area contributed by atoms with Crippen molar-refractivity contribution in [3.8, 4) is 0 Å². The molecule has 34 heavy (non-hydrogen) atoms. The van der Waals surface area contributed by atoms with E-state index in [1.165, 1.54) is 10.4 Å². The molecule has 0 amide bonds. The van der Waals surface area contributed by atoms with Gasteiger partial charge in [-0.2, -0.15) is 4.40 Å². The highest BCUT2D eigenvalue weighted by Gasteiger charge is 2.50. The van der Waals surface area contributed by atoms with Crippen molar-refractivity contribution >= 4 is 35.9 Å². The Labute approximate surface area is 208 Å². The van der Waals surface area contributed by atoms with Crippen molar-refractivity contribution < 1.29 is 13.0 Å². The summed E-state index contributed by atoms with van der Waals surface area (Å²) in [7, 11) is -4.15. The van der Waals surface area contributed by atoms with E-state index in [4.69, 9.17) is 4.43 Å². The molecular formula is C28H38FNO2SSi. The average Bonchev–Trinajstić information content (AvgIpc) is 3.26. The summed E-state index contributed by atoms with van der Waals surface area (Å²) in [6.07, 6.45) is 3.66. The predicted molar refractivity (Wildman–Crippen MR) is 145 cm³/mol. The maximum absolute atomic E-state index is 15.2. The lowest BCUT2D eigenvalue weighted by molar-refractivity contribution is 0.254. The molecule has 0 saturated heterocycles. The van der Waals surface area contributed by atoms with Crippen LogP contribution in [0.3, 0.4) is 0 Å². The molecule has 3 nitrogen and oxygen atoms in total. The Hall–Kier alpha value is -1.89. The van der Waals surface area contributed by atoms with Gasteiger partial charge in [0.05, 0.1) is 11.0 Å². The number of rotatable bonds is 7. The highest BCUT2D eigenvalue weighted by molar-refractivity contribution is 7.85. The molecule has 1 aliphatic rings. The first kappa shape index (κ1) is 26.7. The SMILES string of the molecule is CC(C)(C)S(=O)/N=C\C(F)=C1\CCC[C@H]1CO[Si](c1ccccc1)(c1ccccc1)C(C)(C)C. The monoisotopic (exact) mass is 499 g/mol. The molecule has 1 saturated carbocycles. The van der Waals surface area contributed by atoms with Crippen LogP contribution >= 0.6 is 0 Å². The third kappa shape index (κ3) is 5.84. The minimum Gasteiger partial charge on any atom is -0.407 e. The van der Waals surface area contributed by atoms with Crippen molar-refractivity contribution in [1.82, 2.24) is 0 Å². The van der Waals surface area contributed by atoms with Crippen LogP contribution in [0.25, 0.3) is 0 Å². The zero-order valence-electron chi connectivity index (χ0n) is 21.3. The summed E-state index contributed by atoms with van der Waals surface area (Å²) in [4.78, 5) is 0. The fraction of sp³-hybridized carbons (Fsp3) is 0.464. The van der Waals surface area contributed by atoms with E-state index < -0.39 is 24.1 Å². The molecule has 0 spiro atoms. The predicted octanol–water partition coefficient (Wildman–Crippen LogP) is 6.12. The van der Waals surface area contributed by atoms with Crippen LogP contribution in [0.5, 0.6) is 0 Å². The third-order valence-electron chi connectivity index (χ3n) is 6.50. The van der Waals surface area contributed by atoms with E-state index in [0.29, 0.717) is 13.0 Å². The first-order valence-corrected chi connectivity index (χ1v) is 15.1. The summed E-state index contributed by atoms with van der Waals surface area (Å²) in [6.45, 7) is 12.7. The number of hydrogen-bond donors (Lipinski definition) is 0. The van der Waals surface area contributed by atoms with Crippen LogP contribution < -0.4 is 10.4 Å². The Morgan fingerprint density at radius 3 is 2.03 bits per heavy atom. The molecule has 2 aromatic carbocycles. The van der Waals surface area contributed by atoms with Gasteiger partial charge >= 0.3 is 0 Å². The number of nitrogens with zero attached hydrogens (tertiary/aromatic N) is 1. The van der Waals surface area contributed by atoms with E-state index in [1.54, 1.807) is 0 Å². The normalized spacial score (nSPS) is 20.0. The van der Waals surface area contributed by atoms with Gasteiger partial charge in [0.15, 0.2) is 0 Å². The van der Waals surface area contributed by atoms with Crippen LogP contribution in [-0.2, 0) is 15.4 Å². The van der Waals surface area contributed by atoms with Gasteiger partial charge < -0.3 is 4.43 Å². The van der Waals surface area contributed by atoms with Crippen LogP contribution in [-0.4, -0.2) is 30.1 Å². The molecule has 1 aliphatic carbocycles. The Balaban J connectivity index is 1.95. The highest BCUT2D eigenvalue weighted by atomic mass is 32.2. The molecular weight excluding hydrogens is 461 g/mol. The molecule has 2 atom stereocenters. The number of allylic oxidation sites excluding steroid dienone is 1. The van der Waals surface area contributed by atoms with E-state index in [2.05, 4.69) is 73.7 Å². The van der Waals surface area contributed by atoms with Gasteiger partial charge in [-0.25, -0.2) is 8.60 Å². The fourth-order valence-corrected chi connectivity index (χ4v) is 9.85. The van der Waals surface area contributed by atoms with Crippen molar-refractivity contribution in [2.24, 2.45) is 10.3 Å². The van der Waals surface area contributed by atoms with Gasteiger partial charge in [-0.15, -0.1) is 0 Å². The third-order valence-corrected chi connectivity index (χ3v) is 12.9. The maximum atomic E-state index is 15.2. The lowest BCUT2D eigenvalue weighted by atomic mass is 10.0. The van der Waals surface area contributed by atoms with E-state index in [-0.39, 0.29) is 16.8 Å². The van der Waals surface area contributed by atoms with Gasteiger partial charge in [0, 0.05) is 12.5 Å². The van der Waals surface area contributed by atoms with E-state index in [0.717, 1.165) is 24.6 Å². The second-order valence-corrected chi connectivity index (χ2v) is 17.3. The molecule has 1 fully saturated rings. The van der Waals surface area contributed by atoms with Gasteiger partial charge in [0.2, 0.25) is 0 Å². The summed E-state index contributed by atoms with van der Waals surface area (Å²) in [5.41, 5.74) is 0.743. The highest BCUT2D eigenvalue weighted by Crippen LogP contribution is 2.39. The molecule has 0 N–H and O–H groups in total. The molecule has 1 unspecified atom stereocenters. The Bertz CT molecular complexity index is 1000. The lowest BCUT2D eigenvalue weighted by Crippen LogP contribution is -2.66. The van der Waals surface area contributed by atoms with E-state index in [9.17, 15) is 4.21 Å². The van der Waals surface area contributed by atoms with Crippen molar-refractivity contribution in [2.45, 2.75) is 70.6 Å². The first-order valence-electron chi connectivity index (χ1n) is 12.1. The summed E-state index contributed by atoms with van der Waals surface area (Å²) >= 11 is 0. The zero-order valence-corrected chi connectivity index (χ0v) is 23.1. The minimum atomic E-state index is -2.67. The summed E-state index contributed by atoms with van der Waals surface area (Å²) in [6, 6.07) is 21.0. The minimum absolute atomic E-state index is 0.00354. The van der Waals surface area contributed by atoms with Crippen LogP contribution in [0.15, 0.2) is 76.5 Å². The van der Waals surface area contributed by atoms with Crippen LogP contribution in [0.1, 0.15) is 60.8 Å². The number of halogens is 1. The fourth-order valence-electron chi connectivity index (χ4n) is 4.74. The van der Waals surface area contributed by atoms with Crippen molar-refractivity contribution in [3.63, 3.8) is 0 Å². The number of hydrogen-bond acceptors (Lipinski definition) is 2. The molecule has 184 valence electrons. The second-order valence-electron chi connectivity index (χ2n) is 11.0.